The topological polar surface area (TPSA) is 67.9 Å². The molecule has 1 fully saturated rings. The molecule has 0 spiro atoms. The summed E-state index contributed by atoms with van der Waals surface area (Å²) in [6.45, 7) is 6.30. The molecule has 0 saturated carbocycles. The Labute approximate surface area is 114 Å². The van der Waals surface area contributed by atoms with Crippen LogP contribution in [-0.4, -0.2) is 39.7 Å². The van der Waals surface area contributed by atoms with Gasteiger partial charge in [0.1, 0.15) is 6.61 Å². The minimum atomic E-state index is -3.34. The van der Waals surface area contributed by atoms with Crippen molar-refractivity contribution in [2.24, 2.45) is 5.92 Å². The molecule has 1 aliphatic carbocycles. The van der Waals surface area contributed by atoms with Crippen LogP contribution in [0, 0.1) is 5.92 Å². The van der Waals surface area contributed by atoms with Gasteiger partial charge in [0, 0.05) is 12.7 Å². The summed E-state index contributed by atoms with van der Waals surface area (Å²) in [5, 5.41) is 0. The van der Waals surface area contributed by atoms with Crippen LogP contribution in [0.3, 0.4) is 0 Å². The van der Waals surface area contributed by atoms with Crippen molar-refractivity contribution in [2.75, 3.05) is 20.0 Å². The Bertz CT molecular complexity index is 545. The average molecular weight is 287 g/mol. The lowest BCUT2D eigenvalue weighted by molar-refractivity contribution is 0.00737. The van der Waals surface area contributed by atoms with Crippen molar-refractivity contribution in [1.82, 2.24) is 4.72 Å². The number of hydrogen-bond donors (Lipinski definition) is 1. The molecule has 19 heavy (non-hydrogen) atoms. The quantitative estimate of drug-likeness (QED) is 0.789. The van der Waals surface area contributed by atoms with E-state index in [1.165, 1.54) is 6.26 Å². The molecule has 0 bridgehead atoms. The highest BCUT2D eigenvalue weighted by molar-refractivity contribution is 7.88. The lowest BCUT2D eigenvalue weighted by Crippen LogP contribution is -2.55. The second-order valence-electron chi connectivity index (χ2n) is 5.58. The first-order chi connectivity index (χ1) is 8.63. The Morgan fingerprint density at radius 1 is 1.53 bits per heavy atom. The number of hydrogen-bond acceptors (Lipinski definition) is 4. The van der Waals surface area contributed by atoms with Crippen molar-refractivity contribution in [2.45, 2.75) is 32.1 Å². The van der Waals surface area contributed by atoms with Gasteiger partial charge in [-0.05, 0) is 19.8 Å². The van der Waals surface area contributed by atoms with Gasteiger partial charge in [0.2, 0.25) is 15.8 Å². The minimum absolute atomic E-state index is 0.0125. The van der Waals surface area contributed by atoms with Gasteiger partial charge >= 0.3 is 0 Å². The highest BCUT2D eigenvalue weighted by Crippen LogP contribution is 2.47. The van der Waals surface area contributed by atoms with Gasteiger partial charge in [-0.2, -0.15) is 0 Å². The van der Waals surface area contributed by atoms with Crippen molar-refractivity contribution in [3.8, 4) is 0 Å². The molecule has 1 heterocycles. The van der Waals surface area contributed by atoms with Gasteiger partial charge in [0.05, 0.1) is 11.8 Å². The van der Waals surface area contributed by atoms with E-state index in [-0.39, 0.29) is 5.92 Å². The third-order valence-corrected chi connectivity index (χ3v) is 4.69. The van der Waals surface area contributed by atoms with E-state index in [2.05, 4.69) is 4.72 Å². The molecule has 3 unspecified atom stereocenters. The van der Waals surface area contributed by atoms with Gasteiger partial charge in [0.15, 0.2) is 0 Å². The first kappa shape index (κ1) is 14.7. The second-order valence-corrected chi connectivity index (χ2v) is 7.33. The Balaban J connectivity index is 2.48. The standard InChI is InChI=1S/C13H21NO4S/c1-9-6-10(2)12(3,14-19(5,15)16)11(7-9)13(17-4)8-18-13/h6-7,10,14H,8H2,1-5H3. The molecule has 6 heteroatoms. The maximum absolute atomic E-state index is 11.7. The van der Waals surface area contributed by atoms with Crippen LogP contribution in [0.1, 0.15) is 20.8 Å². The summed E-state index contributed by atoms with van der Waals surface area (Å²) < 4.78 is 37.0. The summed E-state index contributed by atoms with van der Waals surface area (Å²) in [4.78, 5) is 0. The molecular formula is C13H21NO4S. The fourth-order valence-electron chi connectivity index (χ4n) is 2.72. The van der Waals surface area contributed by atoms with Gasteiger partial charge in [0.25, 0.3) is 0 Å². The molecule has 0 radical (unpaired) electrons. The fourth-order valence-corrected chi connectivity index (χ4v) is 3.79. The molecule has 0 amide bonds. The van der Waals surface area contributed by atoms with Crippen LogP contribution in [-0.2, 0) is 19.5 Å². The van der Waals surface area contributed by atoms with E-state index >= 15 is 0 Å². The zero-order chi connectivity index (χ0) is 14.5. The van der Waals surface area contributed by atoms with E-state index in [1.807, 2.05) is 32.9 Å². The monoisotopic (exact) mass is 287 g/mol. The summed E-state index contributed by atoms with van der Waals surface area (Å²) in [5.74, 6) is -0.769. The van der Waals surface area contributed by atoms with Crippen LogP contribution in [0.4, 0.5) is 0 Å². The van der Waals surface area contributed by atoms with Gasteiger partial charge in [-0.1, -0.05) is 24.6 Å². The first-order valence-electron chi connectivity index (χ1n) is 6.22. The molecule has 108 valence electrons. The lowest BCUT2D eigenvalue weighted by Gasteiger charge is -2.41. The number of methoxy groups -OCH3 is 1. The maximum atomic E-state index is 11.7. The number of nitrogens with one attached hydrogen (secondary N) is 1. The van der Waals surface area contributed by atoms with Crippen LogP contribution >= 0.6 is 0 Å². The second kappa shape index (κ2) is 4.41. The van der Waals surface area contributed by atoms with Crippen LogP contribution in [0.5, 0.6) is 0 Å². The molecule has 1 N–H and O–H groups in total. The first-order valence-corrected chi connectivity index (χ1v) is 8.11. The molecule has 0 aromatic rings. The molecule has 5 nitrogen and oxygen atoms in total. The lowest BCUT2D eigenvalue weighted by atomic mass is 9.74. The van der Waals surface area contributed by atoms with Gasteiger partial charge < -0.3 is 9.47 Å². The van der Waals surface area contributed by atoms with Crippen molar-refractivity contribution in [3.63, 3.8) is 0 Å². The van der Waals surface area contributed by atoms with E-state index in [4.69, 9.17) is 9.47 Å². The predicted octanol–water partition coefficient (Wildman–Crippen LogP) is 1.19. The van der Waals surface area contributed by atoms with Crippen LogP contribution < -0.4 is 4.72 Å². The zero-order valence-corrected chi connectivity index (χ0v) is 12.8. The highest BCUT2D eigenvalue weighted by atomic mass is 32.2. The summed E-state index contributed by atoms with van der Waals surface area (Å²) >= 11 is 0. The summed E-state index contributed by atoms with van der Waals surface area (Å²) in [6.07, 6.45) is 5.17. The van der Waals surface area contributed by atoms with Crippen molar-refractivity contribution in [1.29, 1.82) is 0 Å². The number of allylic oxidation sites excluding steroid dienone is 2. The van der Waals surface area contributed by atoms with E-state index in [0.717, 1.165) is 11.1 Å². The number of ether oxygens (including phenoxy) is 2. The molecule has 2 aliphatic rings. The number of epoxide rings is 1. The molecule has 0 aromatic carbocycles. The van der Waals surface area contributed by atoms with Crippen LogP contribution in [0.15, 0.2) is 23.3 Å². The van der Waals surface area contributed by atoms with Gasteiger partial charge in [-0.25, -0.2) is 13.1 Å². The number of rotatable bonds is 4. The predicted molar refractivity (Wildman–Crippen MR) is 73.1 cm³/mol. The molecule has 1 aliphatic heterocycles. The van der Waals surface area contributed by atoms with Gasteiger partial charge in [-0.15, -0.1) is 0 Å². The van der Waals surface area contributed by atoms with Crippen molar-refractivity contribution < 1.29 is 17.9 Å². The summed E-state index contributed by atoms with van der Waals surface area (Å²) in [7, 11) is -1.76. The van der Waals surface area contributed by atoms with Crippen molar-refractivity contribution in [3.05, 3.63) is 23.3 Å². The summed E-state index contributed by atoms with van der Waals surface area (Å²) in [6, 6.07) is 0. The van der Waals surface area contributed by atoms with E-state index in [9.17, 15) is 8.42 Å². The summed E-state index contributed by atoms with van der Waals surface area (Å²) in [5.41, 5.74) is 1.18. The van der Waals surface area contributed by atoms with Crippen LogP contribution in [0.2, 0.25) is 0 Å². The van der Waals surface area contributed by atoms with Crippen LogP contribution in [0.25, 0.3) is 0 Å². The Kier molecular flexibility index (Phi) is 3.42. The molecular weight excluding hydrogens is 266 g/mol. The third-order valence-electron chi connectivity index (χ3n) is 3.90. The Morgan fingerprint density at radius 2 is 2.11 bits per heavy atom. The van der Waals surface area contributed by atoms with Gasteiger partial charge in [-0.3, -0.25) is 0 Å². The normalized spacial score (nSPS) is 38.7. The molecule has 1 saturated heterocycles. The largest absolute Gasteiger partial charge is 0.348 e. The Hall–Kier alpha value is -0.690. The average Bonchev–Trinajstić information content (AvgIpc) is 3.02. The molecule has 2 rings (SSSR count). The minimum Gasteiger partial charge on any atom is -0.348 e. The smallest absolute Gasteiger partial charge is 0.217 e. The third kappa shape index (κ3) is 2.63. The van der Waals surface area contributed by atoms with Crippen molar-refractivity contribution >= 4 is 10.0 Å². The van der Waals surface area contributed by atoms with E-state index < -0.39 is 21.3 Å². The fraction of sp³-hybridized carbons (Fsp3) is 0.692. The van der Waals surface area contributed by atoms with E-state index in [0.29, 0.717) is 6.61 Å². The highest BCUT2D eigenvalue weighted by Gasteiger charge is 2.57. The maximum Gasteiger partial charge on any atom is 0.217 e. The number of sulfonamides is 1. The molecule has 0 aromatic heterocycles. The zero-order valence-electron chi connectivity index (χ0n) is 12.0. The SMILES string of the molecule is COC1(C2=CC(C)=CC(C)C2(C)NS(C)(=O)=O)CO1. The van der Waals surface area contributed by atoms with E-state index in [1.54, 1.807) is 7.11 Å². The molecule has 3 atom stereocenters. The Morgan fingerprint density at radius 3 is 2.53 bits per heavy atom.